The molecule has 88 valence electrons. The first-order chi connectivity index (χ1) is 8.15. The number of hydrogen-bond acceptors (Lipinski definition) is 1. The fourth-order valence-electron chi connectivity index (χ4n) is 1.62. The van der Waals surface area contributed by atoms with Crippen LogP contribution in [0.15, 0.2) is 46.9 Å². The van der Waals surface area contributed by atoms with Crippen molar-refractivity contribution in [1.82, 2.24) is 0 Å². The normalized spacial score (nSPS) is 10.3. The molecule has 0 heterocycles. The summed E-state index contributed by atoms with van der Waals surface area (Å²) in [6.07, 6.45) is 0. The molecule has 0 saturated carbocycles. The van der Waals surface area contributed by atoms with E-state index in [-0.39, 0.29) is 5.82 Å². The van der Waals surface area contributed by atoms with Crippen LogP contribution in [0.25, 0.3) is 0 Å². The lowest BCUT2D eigenvalue weighted by Crippen LogP contribution is -2.00. The van der Waals surface area contributed by atoms with Gasteiger partial charge < -0.3 is 5.32 Å². The van der Waals surface area contributed by atoms with E-state index >= 15 is 0 Å². The minimum atomic E-state index is -0.226. The second-order valence-corrected chi connectivity index (χ2v) is 4.81. The van der Waals surface area contributed by atoms with E-state index < -0.39 is 0 Å². The van der Waals surface area contributed by atoms with E-state index in [1.165, 1.54) is 17.7 Å². The Morgan fingerprint density at radius 3 is 2.71 bits per heavy atom. The third kappa shape index (κ3) is 3.30. The van der Waals surface area contributed by atoms with Crippen molar-refractivity contribution in [1.29, 1.82) is 0 Å². The van der Waals surface area contributed by atoms with Crippen LogP contribution in [0.1, 0.15) is 11.1 Å². The van der Waals surface area contributed by atoms with E-state index in [1.54, 1.807) is 6.07 Å². The molecule has 0 aliphatic carbocycles. The zero-order valence-corrected chi connectivity index (χ0v) is 11.1. The van der Waals surface area contributed by atoms with Crippen LogP contribution in [0, 0.1) is 12.7 Å². The largest absolute Gasteiger partial charge is 0.381 e. The van der Waals surface area contributed by atoms with Gasteiger partial charge >= 0.3 is 0 Å². The molecule has 0 bridgehead atoms. The Morgan fingerprint density at radius 1 is 1.18 bits per heavy atom. The molecule has 0 aliphatic heterocycles. The van der Waals surface area contributed by atoms with E-state index in [2.05, 4.69) is 40.3 Å². The summed E-state index contributed by atoms with van der Waals surface area (Å²) < 4.78 is 13.7. The van der Waals surface area contributed by atoms with Crippen molar-refractivity contribution in [3.8, 4) is 0 Å². The summed E-state index contributed by atoms with van der Waals surface area (Å²) in [6.45, 7) is 2.73. The van der Waals surface area contributed by atoms with Gasteiger partial charge in [0.05, 0.1) is 0 Å². The summed E-state index contributed by atoms with van der Waals surface area (Å²) in [6, 6.07) is 12.9. The number of hydrogen-bond donors (Lipinski definition) is 1. The molecule has 0 saturated heterocycles. The third-order valence-corrected chi connectivity index (χ3v) is 3.25. The van der Waals surface area contributed by atoms with E-state index in [1.807, 2.05) is 12.1 Å². The van der Waals surface area contributed by atoms with Crippen LogP contribution < -0.4 is 5.32 Å². The van der Waals surface area contributed by atoms with E-state index in [0.717, 1.165) is 15.7 Å². The van der Waals surface area contributed by atoms with Crippen LogP contribution in [-0.4, -0.2) is 0 Å². The van der Waals surface area contributed by atoms with Gasteiger partial charge in [-0.05, 0) is 42.3 Å². The van der Waals surface area contributed by atoms with E-state index in [0.29, 0.717) is 6.54 Å². The maximum absolute atomic E-state index is 12.9. The van der Waals surface area contributed by atoms with Crippen molar-refractivity contribution in [3.05, 3.63) is 63.9 Å². The quantitative estimate of drug-likeness (QED) is 0.878. The average molecular weight is 294 g/mol. The van der Waals surface area contributed by atoms with Gasteiger partial charge in [0.15, 0.2) is 0 Å². The SMILES string of the molecule is Cc1cccc(NCc2ccc(F)cc2Br)c1. The highest BCUT2D eigenvalue weighted by atomic mass is 79.9. The average Bonchev–Trinajstić information content (AvgIpc) is 2.28. The molecule has 0 atom stereocenters. The van der Waals surface area contributed by atoms with Crippen LogP contribution in [0.3, 0.4) is 0 Å². The van der Waals surface area contributed by atoms with Gasteiger partial charge in [-0.25, -0.2) is 4.39 Å². The molecule has 17 heavy (non-hydrogen) atoms. The van der Waals surface area contributed by atoms with Gasteiger partial charge in [0, 0.05) is 16.7 Å². The highest BCUT2D eigenvalue weighted by Gasteiger charge is 2.01. The fraction of sp³-hybridized carbons (Fsp3) is 0.143. The molecule has 0 aromatic heterocycles. The monoisotopic (exact) mass is 293 g/mol. The van der Waals surface area contributed by atoms with Gasteiger partial charge in [0.1, 0.15) is 5.82 Å². The smallest absolute Gasteiger partial charge is 0.124 e. The van der Waals surface area contributed by atoms with Crippen molar-refractivity contribution in [2.24, 2.45) is 0 Å². The lowest BCUT2D eigenvalue weighted by atomic mass is 10.2. The Morgan fingerprint density at radius 2 is 2.00 bits per heavy atom. The third-order valence-electron chi connectivity index (χ3n) is 2.52. The van der Waals surface area contributed by atoms with Gasteiger partial charge in [-0.2, -0.15) is 0 Å². The van der Waals surface area contributed by atoms with Crippen LogP contribution in [-0.2, 0) is 6.54 Å². The van der Waals surface area contributed by atoms with E-state index in [4.69, 9.17) is 0 Å². The van der Waals surface area contributed by atoms with Crippen molar-refractivity contribution < 1.29 is 4.39 Å². The maximum Gasteiger partial charge on any atom is 0.124 e. The summed E-state index contributed by atoms with van der Waals surface area (Å²) in [4.78, 5) is 0. The summed E-state index contributed by atoms with van der Waals surface area (Å²) in [5, 5.41) is 3.31. The molecule has 2 aromatic rings. The summed E-state index contributed by atoms with van der Waals surface area (Å²) in [7, 11) is 0. The molecular formula is C14H13BrFN. The number of anilines is 1. The van der Waals surface area contributed by atoms with Gasteiger partial charge in [-0.3, -0.25) is 0 Å². The number of benzene rings is 2. The standard InChI is InChI=1S/C14H13BrFN/c1-10-3-2-4-13(7-10)17-9-11-5-6-12(16)8-14(11)15/h2-8,17H,9H2,1H3. The number of aryl methyl sites for hydroxylation is 1. The Balaban J connectivity index is 2.07. The maximum atomic E-state index is 12.9. The summed E-state index contributed by atoms with van der Waals surface area (Å²) in [5.41, 5.74) is 3.32. The molecule has 2 rings (SSSR count). The Kier molecular flexibility index (Phi) is 3.79. The zero-order valence-electron chi connectivity index (χ0n) is 9.50. The first-order valence-electron chi connectivity index (χ1n) is 5.39. The van der Waals surface area contributed by atoms with Crippen molar-refractivity contribution in [2.45, 2.75) is 13.5 Å². The number of rotatable bonds is 3. The topological polar surface area (TPSA) is 12.0 Å². The molecule has 0 unspecified atom stereocenters. The second kappa shape index (κ2) is 5.32. The van der Waals surface area contributed by atoms with Gasteiger partial charge in [-0.15, -0.1) is 0 Å². The van der Waals surface area contributed by atoms with Crippen LogP contribution in [0.2, 0.25) is 0 Å². The Labute approximate surface area is 109 Å². The number of nitrogens with one attached hydrogen (secondary N) is 1. The minimum Gasteiger partial charge on any atom is -0.381 e. The Bertz CT molecular complexity index is 525. The lowest BCUT2D eigenvalue weighted by Gasteiger charge is -2.08. The van der Waals surface area contributed by atoms with Crippen LogP contribution >= 0.6 is 15.9 Å². The molecule has 2 aromatic carbocycles. The predicted octanol–water partition coefficient (Wildman–Crippen LogP) is 4.51. The molecular weight excluding hydrogens is 281 g/mol. The molecule has 0 fully saturated rings. The van der Waals surface area contributed by atoms with E-state index in [9.17, 15) is 4.39 Å². The first-order valence-corrected chi connectivity index (χ1v) is 6.19. The summed E-state index contributed by atoms with van der Waals surface area (Å²) >= 11 is 3.36. The molecule has 1 nitrogen and oxygen atoms in total. The van der Waals surface area contributed by atoms with Gasteiger partial charge in [-0.1, -0.05) is 34.1 Å². The minimum absolute atomic E-state index is 0.226. The molecule has 0 spiro atoms. The molecule has 1 N–H and O–H groups in total. The highest BCUT2D eigenvalue weighted by molar-refractivity contribution is 9.10. The molecule has 0 amide bonds. The summed E-state index contributed by atoms with van der Waals surface area (Å²) in [5.74, 6) is -0.226. The lowest BCUT2D eigenvalue weighted by molar-refractivity contribution is 0.626. The van der Waals surface area contributed by atoms with Crippen LogP contribution in [0.5, 0.6) is 0 Å². The molecule has 0 radical (unpaired) electrons. The van der Waals surface area contributed by atoms with Crippen LogP contribution in [0.4, 0.5) is 10.1 Å². The first kappa shape index (κ1) is 12.1. The van der Waals surface area contributed by atoms with Gasteiger partial charge in [0.2, 0.25) is 0 Å². The predicted molar refractivity (Wildman–Crippen MR) is 72.6 cm³/mol. The molecule has 3 heteroatoms. The second-order valence-electron chi connectivity index (χ2n) is 3.96. The Hall–Kier alpha value is -1.35. The van der Waals surface area contributed by atoms with Gasteiger partial charge in [0.25, 0.3) is 0 Å². The number of halogens is 2. The van der Waals surface area contributed by atoms with Crippen molar-refractivity contribution >= 4 is 21.6 Å². The fourth-order valence-corrected chi connectivity index (χ4v) is 2.11. The molecule has 0 aliphatic rings. The van der Waals surface area contributed by atoms with Crippen molar-refractivity contribution in [2.75, 3.05) is 5.32 Å². The zero-order chi connectivity index (χ0) is 12.3. The highest BCUT2D eigenvalue weighted by Crippen LogP contribution is 2.19. The van der Waals surface area contributed by atoms with Crippen molar-refractivity contribution in [3.63, 3.8) is 0 Å².